The van der Waals surface area contributed by atoms with Crippen molar-refractivity contribution in [3.05, 3.63) is 0 Å². The van der Waals surface area contributed by atoms with E-state index in [2.05, 4.69) is 17.2 Å². The lowest BCUT2D eigenvalue weighted by atomic mass is 10.3. The van der Waals surface area contributed by atoms with E-state index < -0.39 is 0 Å². The molecular weight excluding hydrogens is 180 g/mol. The maximum absolute atomic E-state index is 4.47. The van der Waals surface area contributed by atoms with Gasteiger partial charge in [0, 0.05) is 11.8 Å². The molecule has 74 valence electrons. The monoisotopic (exact) mass is 198 g/mol. The Morgan fingerprint density at radius 2 is 2.38 bits per heavy atom. The first-order valence-corrected chi connectivity index (χ1v) is 6.21. The highest BCUT2D eigenvalue weighted by atomic mass is 32.2. The first kappa shape index (κ1) is 9.38. The van der Waals surface area contributed by atoms with E-state index in [0.717, 1.165) is 24.3 Å². The molecule has 2 nitrogen and oxygen atoms in total. The van der Waals surface area contributed by atoms with Crippen LogP contribution in [0.15, 0.2) is 4.99 Å². The number of nitrogens with zero attached hydrogens (tertiary/aromatic N) is 1. The fourth-order valence-corrected chi connectivity index (χ4v) is 2.48. The molecule has 1 atom stereocenters. The van der Waals surface area contributed by atoms with Crippen molar-refractivity contribution in [1.29, 1.82) is 0 Å². The Labute approximate surface area is 84.6 Å². The number of hydrogen-bond acceptors (Lipinski definition) is 3. The van der Waals surface area contributed by atoms with Gasteiger partial charge in [-0.1, -0.05) is 31.5 Å². The van der Waals surface area contributed by atoms with Gasteiger partial charge in [0.2, 0.25) is 0 Å². The molecule has 3 heteroatoms. The van der Waals surface area contributed by atoms with Crippen molar-refractivity contribution < 1.29 is 0 Å². The van der Waals surface area contributed by atoms with Gasteiger partial charge in [0.05, 0.1) is 6.54 Å². The summed E-state index contributed by atoms with van der Waals surface area (Å²) in [5.74, 6) is 1.03. The number of amidine groups is 1. The Morgan fingerprint density at radius 3 is 3.00 bits per heavy atom. The molecule has 0 aromatic heterocycles. The summed E-state index contributed by atoms with van der Waals surface area (Å²) in [6.45, 7) is 4.39. The third-order valence-electron chi connectivity index (χ3n) is 2.70. The highest BCUT2D eigenvalue weighted by Crippen LogP contribution is 2.32. The van der Waals surface area contributed by atoms with Crippen molar-refractivity contribution in [2.24, 2.45) is 10.9 Å². The minimum atomic E-state index is 0.739. The van der Waals surface area contributed by atoms with Gasteiger partial charge in [-0.3, -0.25) is 4.99 Å². The van der Waals surface area contributed by atoms with Crippen LogP contribution in [0.4, 0.5) is 0 Å². The zero-order valence-electron chi connectivity index (χ0n) is 8.25. The fraction of sp³-hybridized carbons (Fsp3) is 0.900. The Kier molecular flexibility index (Phi) is 3.14. The van der Waals surface area contributed by atoms with Gasteiger partial charge < -0.3 is 5.32 Å². The fourth-order valence-electron chi connectivity index (χ4n) is 1.52. The Morgan fingerprint density at radius 1 is 1.54 bits per heavy atom. The second-order valence-corrected chi connectivity index (χ2v) is 5.24. The summed E-state index contributed by atoms with van der Waals surface area (Å²) in [4.78, 5) is 4.47. The number of aliphatic imine (C=N–C) groups is 1. The molecular formula is C10H18N2S. The minimum Gasteiger partial charge on any atom is -0.365 e. The van der Waals surface area contributed by atoms with Crippen molar-refractivity contribution in [3.8, 4) is 0 Å². The zero-order valence-corrected chi connectivity index (χ0v) is 9.07. The summed E-state index contributed by atoms with van der Waals surface area (Å²) >= 11 is 1.92. The third kappa shape index (κ3) is 2.90. The zero-order chi connectivity index (χ0) is 9.10. The van der Waals surface area contributed by atoms with Crippen LogP contribution < -0.4 is 5.32 Å². The molecule has 0 spiro atoms. The Bertz CT molecular complexity index is 199. The SMILES string of the molecule is CCC1CN=C(NCCC2CC2)S1. The van der Waals surface area contributed by atoms with Crippen LogP contribution in [0.5, 0.6) is 0 Å². The summed E-state index contributed by atoms with van der Waals surface area (Å²) in [5.41, 5.74) is 0. The Balaban J connectivity index is 1.59. The summed E-state index contributed by atoms with van der Waals surface area (Å²) < 4.78 is 0. The van der Waals surface area contributed by atoms with Crippen LogP contribution >= 0.6 is 11.8 Å². The summed E-state index contributed by atoms with van der Waals surface area (Å²) in [6.07, 6.45) is 5.50. The first-order valence-electron chi connectivity index (χ1n) is 5.33. The number of nitrogens with one attached hydrogen (secondary N) is 1. The molecule has 1 N–H and O–H groups in total. The molecule has 0 amide bonds. The minimum absolute atomic E-state index is 0.739. The maximum atomic E-state index is 4.47. The molecule has 0 aromatic carbocycles. The molecule has 1 fully saturated rings. The van der Waals surface area contributed by atoms with E-state index in [1.165, 1.54) is 30.9 Å². The molecule has 0 bridgehead atoms. The van der Waals surface area contributed by atoms with E-state index in [0.29, 0.717) is 0 Å². The lowest BCUT2D eigenvalue weighted by Gasteiger charge is -2.05. The summed E-state index contributed by atoms with van der Waals surface area (Å²) in [5, 5.41) is 5.36. The van der Waals surface area contributed by atoms with Crippen LogP contribution in [0.3, 0.4) is 0 Å². The predicted molar refractivity (Wildman–Crippen MR) is 59.3 cm³/mol. The lowest BCUT2D eigenvalue weighted by Crippen LogP contribution is -2.21. The smallest absolute Gasteiger partial charge is 0.156 e. The molecule has 13 heavy (non-hydrogen) atoms. The van der Waals surface area contributed by atoms with Crippen molar-refractivity contribution in [1.82, 2.24) is 5.32 Å². The third-order valence-corrected chi connectivity index (χ3v) is 4.01. The van der Waals surface area contributed by atoms with Gasteiger partial charge in [0.1, 0.15) is 0 Å². The Hall–Kier alpha value is -0.180. The first-order chi connectivity index (χ1) is 6.38. The van der Waals surface area contributed by atoms with Crippen molar-refractivity contribution >= 4 is 16.9 Å². The molecule has 2 aliphatic rings. The molecule has 0 saturated heterocycles. The van der Waals surface area contributed by atoms with E-state index in [1.807, 2.05) is 11.8 Å². The van der Waals surface area contributed by atoms with Crippen LogP contribution in [-0.4, -0.2) is 23.5 Å². The normalized spacial score (nSPS) is 27.5. The molecule has 1 aliphatic carbocycles. The molecule has 1 heterocycles. The van der Waals surface area contributed by atoms with Crippen LogP contribution in [0.2, 0.25) is 0 Å². The van der Waals surface area contributed by atoms with Crippen molar-refractivity contribution in [3.63, 3.8) is 0 Å². The van der Waals surface area contributed by atoms with E-state index in [1.54, 1.807) is 0 Å². The second-order valence-electron chi connectivity index (χ2n) is 3.95. The number of rotatable bonds is 4. The van der Waals surface area contributed by atoms with Gasteiger partial charge in [0.25, 0.3) is 0 Å². The quantitative estimate of drug-likeness (QED) is 0.749. The predicted octanol–water partition coefficient (Wildman–Crippen LogP) is 2.26. The molecule has 0 radical (unpaired) electrons. The largest absolute Gasteiger partial charge is 0.365 e. The van der Waals surface area contributed by atoms with Gasteiger partial charge >= 0.3 is 0 Å². The molecule has 1 saturated carbocycles. The summed E-state index contributed by atoms with van der Waals surface area (Å²) in [6, 6.07) is 0. The summed E-state index contributed by atoms with van der Waals surface area (Å²) in [7, 11) is 0. The molecule has 2 rings (SSSR count). The standard InChI is InChI=1S/C10H18N2S/c1-2-9-7-12-10(13-9)11-6-5-8-3-4-8/h8-9H,2-7H2,1H3,(H,11,12). The van der Waals surface area contributed by atoms with Crippen molar-refractivity contribution in [2.45, 2.75) is 37.9 Å². The van der Waals surface area contributed by atoms with E-state index in [4.69, 9.17) is 0 Å². The van der Waals surface area contributed by atoms with Gasteiger partial charge in [-0.25, -0.2) is 0 Å². The number of hydrogen-bond donors (Lipinski definition) is 1. The topological polar surface area (TPSA) is 24.4 Å². The van der Waals surface area contributed by atoms with Crippen LogP contribution in [-0.2, 0) is 0 Å². The lowest BCUT2D eigenvalue weighted by molar-refractivity contribution is 0.702. The van der Waals surface area contributed by atoms with E-state index in [-0.39, 0.29) is 0 Å². The van der Waals surface area contributed by atoms with Gasteiger partial charge in [-0.2, -0.15) is 0 Å². The maximum Gasteiger partial charge on any atom is 0.156 e. The highest BCUT2D eigenvalue weighted by Gasteiger charge is 2.21. The van der Waals surface area contributed by atoms with Gasteiger partial charge in [0.15, 0.2) is 5.17 Å². The van der Waals surface area contributed by atoms with E-state index >= 15 is 0 Å². The second kappa shape index (κ2) is 4.36. The number of thioether (sulfide) groups is 1. The highest BCUT2D eigenvalue weighted by molar-refractivity contribution is 8.14. The average molecular weight is 198 g/mol. The molecule has 0 aromatic rings. The van der Waals surface area contributed by atoms with Crippen LogP contribution in [0, 0.1) is 5.92 Å². The van der Waals surface area contributed by atoms with Crippen LogP contribution in [0.1, 0.15) is 32.6 Å². The molecule has 1 unspecified atom stereocenters. The van der Waals surface area contributed by atoms with Gasteiger partial charge in [-0.15, -0.1) is 0 Å². The van der Waals surface area contributed by atoms with E-state index in [9.17, 15) is 0 Å². The van der Waals surface area contributed by atoms with Gasteiger partial charge in [-0.05, 0) is 18.8 Å². The van der Waals surface area contributed by atoms with Crippen LogP contribution in [0.25, 0.3) is 0 Å². The average Bonchev–Trinajstić information content (AvgIpc) is 2.84. The van der Waals surface area contributed by atoms with Crippen molar-refractivity contribution in [2.75, 3.05) is 13.1 Å². The molecule has 1 aliphatic heterocycles.